The number of hydroxylamine groups is 1. The number of nitrogens with one attached hydrogen (secondary N) is 1. The molecule has 0 atom stereocenters. The normalized spacial score (nSPS) is 10.0. The molecule has 0 aliphatic carbocycles. The zero-order valence-corrected chi connectivity index (χ0v) is 6.55. The average molecular weight is 145 g/mol. The summed E-state index contributed by atoms with van der Waals surface area (Å²) >= 11 is 0. The van der Waals surface area contributed by atoms with Gasteiger partial charge in [-0.3, -0.25) is 10.0 Å². The van der Waals surface area contributed by atoms with Crippen molar-refractivity contribution in [2.75, 3.05) is 0 Å². The summed E-state index contributed by atoms with van der Waals surface area (Å²) in [6.45, 7) is 4.08. The summed E-state index contributed by atoms with van der Waals surface area (Å²) in [6, 6.07) is 0. The maximum atomic E-state index is 10.6. The van der Waals surface area contributed by atoms with Gasteiger partial charge in [-0.2, -0.15) is 0 Å². The van der Waals surface area contributed by atoms with E-state index in [-0.39, 0.29) is 5.91 Å². The predicted molar refractivity (Wildman–Crippen MR) is 38.6 cm³/mol. The monoisotopic (exact) mass is 145 g/mol. The van der Waals surface area contributed by atoms with Crippen LogP contribution in [-0.4, -0.2) is 11.1 Å². The van der Waals surface area contributed by atoms with E-state index in [0.717, 1.165) is 12.8 Å². The van der Waals surface area contributed by atoms with Gasteiger partial charge < -0.3 is 0 Å². The van der Waals surface area contributed by atoms with Crippen LogP contribution >= 0.6 is 0 Å². The summed E-state index contributed by atoms with van der Waals surface area (Å²) in [6.07, 6.45) is 2.41. The number of rotatable bonds is 4. The Morgan fingerprint density at radius 3 is 2.30 bits per heavy atom. The van der Waals surface area contributed by atoms with Gasteiger partial charge in [0.15, 0.2) is 0 Å². The summed E-state index contributed by atoms with van der Waals surface area (Å²) in [7, 11) is 0. The minimum Gasteiger partial charge on any atom is -0.289 e. The fourth-order valence-electron chi connectivity index (χ4n) is 0.885. The molecule has 0 radical (unpaired) electrons. The van der Waals surface area contributed by atoms with Crippen molar-refractivity contribution in [3.8, 4) is 0 Å². The molecule has 0 aromatic carbocycles. The lowest BCUT2D eigenvalue weighted by molar-refractivity contribution is -0.130. The molecule has 0 aliphatic heterocycles. The van der Waals surface area contributed by atoms with E-state index in [1.165, 1.54) is 0 Å². The number of hydrogen-bond donors (Lipinski definition) is 2. The molecular weight excluding hydrogens is 130 g/mol. The van der Waals surface area contributed by atoms with Gasteiger partial charge in [0.1, 0.15) is 0 Å². The summed E-state index contributed by atoms with van der Waals surface area (Å²) < 4.78 is 0. The molecule has 3 nitrogen and oxygen atoms in total. The second kappa shape index (κ2) is 5.23. The van der Waals surface area contributed by atoms with Gasteiger partial charge in [0.05, 0.1) is 0 Å². The van der Waals surface area contributed by atoms with Crippen molar-refractivity contribution in [3.05, 3.63) is 0 Å². The topological polar surface area (TPSA) is 49.3 Å². The van der Waals surface area contributed by atoms with E-state index in [0.29, 0.717) is 12.3 Å². The molecule has 0 saturated carbocycles. The Morgan fingerprint density at radius 2 is 2.00 bits per heavy atom. The van der Waals surface area contributed by atoms with Gasteiger partial charge in [-0.15, -0.1) is 0 Å². The third-order valence-corrected chi connectivity index (χ3v) is 1.75. The molecule has 0 saturated heterocycles. The van der Waals surface area contributed by atoms with Crippen molar-refractivity contribution in [1.29, 1.82) is 0 Å². The molecule has 0 fully saturated rings. The molecule has 3 heteroatoms. The maximum absolute atomic E-state index is 10.6. The van der Waals surface area contributed by atoms with Crippen LogP contribution in [0.15, 0.2) is 0 Å². The van der Waals surface area contributed by atoms with Crippen LogP contribution in [0.25, 0.3) is 0 Å². The Hall–Kier alpha value is -0.570. The molecule has 0 unspecified atom stereocenters. The van der Waals surface area contributed by atoms with E-state index in [1.54, 1.807) is 5.48 Å². The first kappa shape index (κ1) is 9.43. The van der Waals surface area contributed by atoms with E-state index in [2.05, 4.69) is 0 Å². The van der Waals surface area contributed by atoms with Gasteiger partial charge in [-0.1, -0.05) is 26.7 Å². The number of amides is 1. The highest BCUT2D eigenvalue weighted by Crippen LogP contribution is 2.11. The first-order valence-corrected chi connectivity index (χ1v) is 3.67. The second-order valence-electron chi connectivity index (χ2n) is 2.42. The standard InChI is InChI=1S/C7H15NO2/c1-3-6(4-2)5-7(9)8-10/h6,10H,3-5H2,1-2H3,(H,8,9). The van der Waals surface area contributed by atoms with E-state index >= 15 is 0 Å². The quantitative estimate of drug-likeness (QED) is 0.463. The zero-order chi connectivity index (χ0) is 7.98. The maximum Gasteiger partial charge on any atom is 0.243 e. The fourth-order valence-corrected chi connectivity index (χ4v) is 0.885. The van der Waals surface area contributed by atoms with Crippen molar-refractivity contribution in [3.63, 3.8) is 0 Å². The fraction of sp³-hybridized carbons (Fsp3) is 0.857. The molecule has 0 spiro atoms. The Balaban J connectivity index is 3.52. The minimum absolute atomic E-state index is 0.284. The molecule has 1 amide bonds. The first-order valence-electron chi connectivity index (χ1n) is 3.67. The van der Waals surface area contributed by atoms with Crippen LogP contribution in [0.4, 0.5) is 0 Å². The van der Waals surface area contributed by atoms with Gasteiger partial charge >= 0.3 is 0 Å². The molecule has 0 rings (SSSR count). The Kier molecular flexibility index (Phi) is 4.94. The molecule has 0 heterocycles. The summed E-state index contributed by atoms with van der Waals surface area (Å²) in [4.78, 5) is 10.6. The van der Waals surface area contributed by atoms with Crippen molar-refractivity contribution < 1.29 is 10.0 Å². The van der Waals surface area contributed by atoms with Crippen molar-refractivity contribution in [1.82, 2.24) is 5.48 Å². The molecule has 60 valence electrons. The molecule has 0 bridgehead atoms. The Bertz CT molecular complexity index is 99.8. The smallest absolute Gasteiger partial charge is 0.243 e. The second-order valence-corrected chi connectivity index (χ2v) is 2.42. The minimum atomic E-state index is -0.284. The lowest BCUT2D eigenvalue weighted by atomic mass is 9.99. The highest BCUT2D eigenvalue weighted by Gasteiger charge is 2.08. The first-order chi connectivity index (χ1) is 4.74. The molecule has 10 heavy (non-hydrogen) atoms. The predicted octanol–water partition coefficient (Wildman–Crippen LogP) is 1.32. The van der Waals surface area contributed by atoms with Crippen LogP contribution in [0, 0.1) is 5.92 Å². The molecule has 2 N–H and O–H groups in total. The molecule has 0 aromatic rings. The summed E-state index contributed by atoms with van der Waals surface area (Å²) in [5.41, 5.74) is 1.63. The number of carbonyl (C=O) groups excluding carboxylic acids is 1. The number of carbonyl (C=O) groups is 1. The van der Waals surface area contributed by atoms with Gasteiger partial charge in [0.25, 0.3) is 0 Å². The summed E-state index contributed by atoms with van der Waals surface area (Å²) in [5, 5.41) is 8.18. The lowest BCUT2D eigenvalue weighted by Crippen LogP contribution is -2.21. The van der Waals surface area contributed by atoms with Crippen molar-refractivity contribution in [2.45, 2.75) is 33.1 Å². The SMILES string of the molecule is CCC(CC)CC(=O)NO. The van der Waals surface area contributed by atoms with Crippen LogP contribution in [0.2, 0.25) is 0 Å². The van der Waals surface area contributed by atoms with Crippen LogP contribution in [-0.2, 0) is 4.79 Å². The third kappa shape index (κ3) is 3.45. The highest BCUT2D eigenvalue weighted by molar-refractivity contribution is 5.74. The van der Waals surface area contributed by atoms with Crippen LogP contribution < -0.4 is 5.48 Å². The van der Waals surface area contributed by atoms with Gasteiger partial charge in [0.2, 0.25) is 5.91 Å². The highest BCUT2D eigenvalue weighted by atomic mass is 16.5. The molecule has 0 aliphatic rings. The van der Waals surface area contributed by atoms with E-state index in [4.69, 9.17) is 5.21 Å². The van der Waals surface area contributed by atoms with Crippen LogP contribution in [0.5, 0.6) is 0 Å². The van der Waals surface area contributed by atoms with E-state index in [9.17, 15) is 4.79 Å². The van der Waals surface area contributed by atoms with Crippen LogP contribution in [0.3, 0.4) is 0 Å². The lowest BCUT2D eigenvalue weighted by Gasteiger charge is -2.08. The van der Waals surface area contributed by atoms with Crippen molar-refractivity contribution >= 4 is 5.91 Å². The van der Waals surface area contributed by atoms with Gasteiger partial charge in [0, 0.05) is 6.42 Å². The van der Waals surface area contributed by atoms with Crippen molar-refractivity contribution in [2.24, 2.45) is 5.92 Å². The Morgan fingerprint density at radius 1 is 1.50 bits per heavy atom. The van der Waals surface area contributed by atoms with E-state index in [1.807, 2.05) is 13.8 Å². The third-order valence-electron chi connectivity index (χ3n) is 1.75. The molecule has 0 aromatic heterocycles. The largest absolute Gasteiger partial charge is 0.289 e. The zero-order valence-electron chi connectivity index (χ0n) is 6.55. The van der Waals surface area contributed by atoms with Crippen LogP contribution in [0.1, 0.15) is 33.1 Å². The van der Waals surface area contributed by atoms with Gasteiger partial charge in [-0.05, 0) is 5.92 Å². The summed E-state index contributed by atoms with van der Waals surface area (Å²) in [5.74, 6) is 0.126. The molecular formula is C7H15NO2. The Labute approximate surface area is 61.4 Å². The number of hydrogen-bond acceptors (Lipinski definition) is 2. The van der Waals surface area contributed by atoms with Gasteiger partial charge in [-0.25, -0.2) is 5.48 Å². The van der Waals surface area contributed by atoms with E-state index < -0.39 is 0 Å². The average Bonchev–Trinajstić information content (AvgIpc) is 1.99.